The molecule has 3 rings (SSSR count). The van der Waals surface area contributed by atoms with Gasteiger partial charge in [-0.25, -0.2) is 14.4 Å². The number of nitrogens with one attached hydrogen (secondary N) is 1. The Morgan fingerprint density at radius 1 is 1.32 bits per heavy atom. The van der Waals surface area contributed by atoms with Crippen LogP contribution < -0.4 is 15.1 Å². The average molecular weight is 340 g/mol. The van der Waals surface area contributed by atoms with Crippen molar-refractivity contribution in [2.45, 2.75) is 18.9 Å². The van der Waals surface area contributed by atoms with Crippen molar-refractivity contribution in [1.29, 1.82) is 5.26 Å². The lowest BCUT2D eigenvalue weighted by atomic mass is 10.0. The number of piperidine rings is 1. The highest BCUT2D eigenvalue weighted by Crippen LogP contribution is 2.24. The standard InChI is InChI=1S/C18H21FN6/c1-24(2)18-9-17(21-12-22-18)23-14-4-3-7-25(11-14)15-6-5-13(10-20)16(19)8-15/h5-6,8-9,12,14H,3-4,7,11H2,1-2H3,(H,21,22,23). The van der Waals surface area contributed by atoms with E-state index in [0.717, 1.165) is 43.3 Å². The first kappa shape index (κ1) is 17.0. The van der Waals surface area contributed by atoms with Gasteiger partial charge in [-0.05, 0) is 31.0 Å². The van der Waals surface area contributed by atoms with E-state index >= 15 is 0 Å². The fourth-order valence-electron chi connectivity index (χ4n) is 3.00. The minimum Gasteiger partial charge on any atom is -0.369 e. The number of nitrogens with zero attached hydrogens (tertiary/aromatic N) is 5. The number of anilines is 3. The van der Waals surface area contributed by atoms with E-state index in [1.807, 2.05) is 31.1 Å². The lowest BCUT2D eigenvalue weighted by Gasteiger charge is -2.35. The Kier molecular flexibility index (Phi) is 4.98. The molecule has 6 nitrogen and oxygen atoms in total. The highest BCUT2D eigenvalue weighted by Gasteiger charge is 2.21. The van der Waals surface area contributed by atoms with Gasteiger partial charge in [0.2, 0.25) is 0 Å². The number of hydrogen-bond acceptors (Lipinski definition) is 6. The first-order chi connectivity index (χ1) is 12.1. The Bertz CT molecular complexity index is 785. The maximum Gasteiger partial charge on any atom is 0.143 e. The number of nitriles is 1. The predicted molar refractivity (Wildman–Crippen MR) is 96.3 cm³/mol. The van der Waals surface area contributed by atoms with E-state index in [9.17, 15) is 4.39 Å². The molecule has 0 amide bonds. The molecule has 2 aromatic rings. The molecule has 7 heteroatoms. The van der Waals surface area contributed by atoms with Gasteiger partial charge in [0, 0.05) is 45.0 Å². The lowest BCUT2D eigenvalue weighted by molar-refractivity contribution is 0.527. The van der Waals surface area contributed by atoms with Crippen LogP contribution >= 0.6 is 0 Å². The van der Waals surface area contributed by atoms with Crippen molar-refractivity contribution in [3.63, 3.8) is 0 Å². The van der Waals surface area contributed by atoms with Crippen LogP contribution in [0.25, 0.3) is 0 Å². The highest BCUT2D eigenvalue weighted by molar-refractivity contribution is 5.52. The van der Waals surface area contributed by atoms with Crippen molar-refractivity contribution in [1.82, 2.24) is 9.97 Å². The molecule has 25 heavy (non-hydrogen) atoms. The Labute approximate surface area is 146 Å². The van der Waals surface area contributed by atoms with Gasteiger partial charge >= 0.3 is 0 Å². The minimum absolute atomic E-state index is 0.0765. The molecule has 1 aliphatic heterocycles. The molecule has 1 aliphatic rings. The molecule has 2 heterocycles. The van der Waals surface area contributed by atoms with Gasteiger partial charge in [-0.15, -0.1) is 0 Å². The fourth-order valence-corrected chi connectivity index (χ4v) is 3.00. The van der Waals surface area contributed by atoms with Crippen LogP contribution in [0.3, 0.4) is 0 Å². The van der Waals surface area contributed by atoms with E-state index in [1.165, 1.54) is 12.1 Å². The summed E-state index contributed by atoms with van der Waals surface area (Å²) in [5, 5.41) is 12.3. The van der Waals surface area contributed by atoms with E-state index in [4.69, 9.17) is 5.26 Å². The topological polar surface area (TPSA) is 68.1 Å². The zero-order chi connectivity index (χ0) is 17.8. The second kappa shape index (κ2) is 7.34. The van der Waals surface area contributed by atoms with Crippen molar-refractivity contribution in [2.24, 2.45) is 0 Å². The predicted octanol–water partition coefficient (Wildman–Crippen LogP) is 2.63. The second-order valence-electron chi connectivity index (χ2n) is 6.36. The van der Waals surface area contributed by atoms with E-state index in [-0.39, 0.29) is 11.6 Å². The number of benzene rings is 1. The summed E-state index contributed by atoms with van der Waals surface area (Å²) < 4.78 is 13.9. The molecule has 0 radical (unpaired) electrons. The smallest absolute Gasteiger partial charge is 0.143 e. The molecule has 1 atom stereocenters. The summed E-state index contributed by atoms with van der Waals surface area (Å²) in [6.45, 7) is 1.63. The Balaban J connectivity index is 1.70. The largest absolute Gasteiger partial charge is 0.369 e. The third kappa shape index (κ3) is 3.97. The number of aromatic nitrogens is 2. The lowest BCUT2D eigenvalue weighted by Crippen LogP contribution is -2.42. The second-order valence-corrected chi connectivity index (χ2v) is 6.36. The molecule has 1 saturated heterocycles. The van der Waals surface area contributed by atoms with Crippen LogP contribution in [0.1, 0.15) is 18.4 Å². The van der Waals surface area contributed by atoms with Gasteiger partial charge < -0.3 is 15.1 Å². The van der Waals surface area contributed by atoms with Gasteiger partial charge in [-0.3, -0.25) is 0 Å². The van der Waals surface area contributed by atoms with Crippen molar-refractivity contribution in [3.8, 4) is 6.07 Å². The minimum atomic E-state index is -0.471. The zero-order valence-corrected chi connectivity index (χ0v) is 14.4. The molecule has 0 saturated carbocycles. The van der Waals surface area contributed by atoms with Crippen LogP contribution in [0.5, 0.6) is 0 Å². The molecule has 1 aromatic heterocycles. The summed E-state index contributed by atoms with van der Waals surface area (Å²) >= 11 is 0. The summed E-state index contributed by atoms with van der Waals surface area (Å²) in [5.41, 5.74) is 0.882. The van der Waals surface area contributed by atoms with Gasteiger partial charge in [0.05, 0.1) is 5.56 Å². The third-order valence-electron chi connectivity index (χ3n) is 4.32. The number of rotatable bonds is 4. The summed E-state index contributed by atoms with van der Waals surface area (Å²) in [5.74, 6) is 1.16. The third-order valence-corrected chi connectivity index (χ3v) is 4.32. The van der Waals surface area contributed by atoms with E-state index in [2.05, 4.69) is 20.2 Å². The molecule has 0 spiro atoms. The molecule has 0 aliphatic carbocycles. The van der Waals surface area contributed by atoms with E-state index in [1.54, 1.807) is 12.4 Å². The van der Waals surface area contributed by atoms with Crippen LogP contribution in [0.2, 0.25) is 0 Å². The van der Waals surface area contributed by atoms with Gasteiger partial charge in [-0.1, -0.05) is 0 Å². The molecule has 1 unspecified atom stereocenters. The monoisotopic (exact) mass is 340 g/mol. The first-order valence-electron chi connectivity index (χ1n) is 8.27. The summed E-state index contributed by atoms with van der Waals surface area (Å²) in [6, 6.07) is 8.78. The van der Waals surface area contributed by atoms with Crippen LogP contribution in [-0.2, 0) is 0 Å². The summed E-state index contributed by atoms with van der Waals surface area (Å²) in [7, 11) is 3.88. The van der Waals surface area contributed by atoms with Gasteiger partial charge in [0.1, 0.15) is 29.8 Å². The van der Waals surface area contributed by atoms with E-state index in [0.29, 0.717) is 0 Å². The molecular formula is C18H21FN6. The average Bonchev–Trinajstić information content (AvgIpc) is 2.62. The van der Waals surface area contributed by atoms with Gasteiger partial charge in [-0.2, -0.15) is 5.26 Å². The Morgan fingerprint density at radius 2 is 2.16 bits per heavy atom. The molecule has 1 N–H and O–H groups in total. The summed E-state index contributed by atoms with van der Waals surface area (Å²) in [4.78, 5) is 12.6. The highest BCUT2D eigenvalue weighted by atomic mass is 19.1. The van der Waals surface area contributed by atoms with Crippen LogP contribution in [0.4, 0.5) is 21.7 Å². The first-order valence-corrected chi connectivity index (χ1v) is 8.27. The Hall–Kier alpha value is -2.88. The Morgan fingerprint density at radius 3 is 2.88 bits per heavy atom. The maximum absolute atomic E-state index is 13.9. The van der Waals surface area contributed by atoms with Crippen LogP contribution in [0.15, 0.2) is 30.6 Å². The molecule has 0 bridgehead atoms. The molecule has 130 valence electrons. The van der Waals surface area contributed by atoms with Crippen molar-refractivity contribution >= 4 is 17.3 Å². The van der Waals surface area contributed by atoms with Crippen molar-refractivity contribution in [2.75, 3.05) is 42.3 Å². The van der Waals surface area contributed by atoms with Crippen molar-refractivity contribution in [3.05, 3.63) is 42.0 Å². The quantitative estimate of drug-likeness (QED) is 0.923. The number of hydrogen-bond donors (Lipinski definition) is 1. The van der Waals surface area contributed by atoms with Gasteiger partial charge in [0.15, 0.2) is 0 Å². The normalized spacial score (nSPS) is 17.0. The maximum atomic E-state index is 13.9. The van der Waals surface area contributed by atoms with E-state index < -0.39 is 5.82 Å². The summed E-state index contributed by atoms with van der Waals surface area (Å²) in [6.07, 6.45) is 3.58. The molecule has 1 aromatic carbocycles. The fraction of sp³-hybridized carbons (Fsp3) is 0.389. The van der Waals surface area contributed by atoms with Crippen LogP contribution in [0, 0.1) is 17.1 Å². The molecule has 1 fully saturated rings. The number of halogens is 1. The van der Waals surface area contributed by atoms with Gasteiger partial charge in [0.25, 0.3) is 0 Å². The molecular weight excluding hydrogens is 319 g/mol. The zero-order valence-electron chi connectivity index (χ0n) is 14.4. The SMILES string of the molecule is CN(C)c1cc(NC2CCCN(c3ccc(C#N)c(F)c3)C2)ncn1. The van der Waals surface area contributed by atoms with Crippen molar-refractivity contribution < 1.29 is 4.39 Å². The van der Waals surface area contributed by atoms with Crippen LogP contribution in [-0.4, -0.2) is 43.2 Å².